The second kappa shape index (κ2) is 9.19. The number of hydrogen-bond donors (Lipinski definition) is 2. The maximum Gasteiger partial charge on any atom is 0.0881 e. The minimum atomic E-state index is -0.0880. The van der Waals surface area contributed by atoms with Gasteiger partial charge < -0.3 is 16.2 Å². The lowest BCUT2D eigenvalue weighted by atomic mass is 9.91. The molecule has 0 amide bonds. The summed E-state index contributed by atoms with van der Waals surface area (Å²) < 4.78 is 6.10. The smallest absolute Gasteiger partial charge is 0.0881 e. The summed E-state index contributed by atoms with van der Waals surface area (Å²) in [4.78, 5) is 0. The topological polar surface area (TPSA) is 61.3 Å². The van der Waals surface area contributed by atoms with Gasteiger partial charge in [-0.3, -0.25) is 0 Å². The van der Waals surface area contributed by atoms with Crippen molar-refractivity contribution in [3.05, 3.63) is 35.9 Å². The van der Waals surface area contributed by atoms with Crippen LogP contribution in [0.2, 0.25) is 0 Å². The van der Waals surface area contributed by atoms with Crippen molar-refractivity contribution in [3.63, 3.8) is 0 Å². The minimum Gasteiger partial charge on any atom is -0.370 e. The zero-order valence-electron chi connectivity index (χ0n) is 14.0. The van der Waals surface area contributed by atoms with Crippen LogP contribution in [0.1, 0.15) is 46.1 Å². The van der Waals surface area contributed by atoms with Crippen LogP contribution in [0.3, 0.4) is 0 Å². The van der Waals surface area contributed by atoms with Gasteiger partial charge in [0.25, 0.3) is 0 Å². The fourth-order valence-corrected chi connectivity index (χ4v) is 2.69. The van der Waals surface area contributed by atoms with E-state index in [4.69, 9.17) is 16.2 Å². The summed E-state index contributed by atoms with van der Waals surface area (Å²) in [7, 11) is 0. The van der Waals surface area contributed by atoms with E-state index in [9.17, 15) is 0 Å². The Morgan fingerprint density at radius 1 is 0.857 bits per heavy atom. The average Bonchev–Trinajstić information content (AvgIpc) is 2.38. The molecule has 3 nitrogen and oxygen atoms in total. The first-order valence-electron chi connectivity index (χ1n) is 8.06. The van der Waals surface area contributed by atoms with Gasteiger partial charge in [0.05, 0.1) is 12.7 Å². The fourth-order valence-electron chi connectivity index (χ4n) is 2.69. The van der Waals surface area contributed by atoms with E-state index in [1.54, 1.807) is 0 Å². The molecule has 1 aromatic carbocycles. The summed E-state index contributed by atoms with van der Waals surface area (Å²) >= 11 is 0. The summed E-state index contributed by atoms with van der Waals surface area (Å²) in [6, 6.07) is 10.2. The van der Waals surface area contributed by atoms with Gasteiger partial charge in [0.2, 0.25) is 0 Å². The van der Waals surface area contributed by atoms with E-state index in [1.165, 1.54) is 0 Å². The van der Waals surface area contributed by atoms with Crippen molar-refractivity contribution >= 4 is 0 Å². The molecule has 1 rings (SSSR count). The highest BCUT2D eigenvalue weighted by molar-refractivity contribution is 5.13. The molecule has 3 heteroatoms. The summed E-state index contributed by atoms with van der Waals surface area (Å²) in [5.74, 6) is 1.10. The lowest BCUT2D eigenvalue weighted by Gasteiger charge is -2.31. The van der Waals surface area contributed by atoms with Gasteiger partial charge in [-0.15, -0.1) is 0 Å². The van der Waals surface area contributed by atoms with Gasteiger partial charge in [-0.05, 0) is 30.2 Å². The third-order valence-electron chi connectivity index (χ3n) is 3.62. The lowest BCUT2D eigenvalue weighted by Crippen LogP contribution is -2.49. The monoisotopic (exact) mass is 292 g/mol. The van der Waals surface area contributed by atoms with Crippen molar-refractivity contribution < 1.29 is 4.74 Å². The summed E-state index contributed by atoms with van der Waals surface area (Å²) in [6.07, 6.45) is 1.78. The van der Waals surface area contributed by atoms with E-state index < -0.39 is 0 Å². The molecule has 1 aromatic rings. The summed E-state index contributed by atoms with van der Waals surface area (Å²) in [5.41, 5.74) is 13.9. The Morgan fingerprint density at radius 2 is 1.33 bits per heavy atom. The highest BCUT2D eigenvalue weighted by Gasteiger charge is 2.26. The Morgan fingerprint density at radius 3 is 1.76 bits per heavy atom. The van der Waals surface area contributed by atoms with Gasteiger partial charge >= 0.3 is 0 Å². The third kappa shape index (κ3) is 7.07. The zero-order valence-corrected chi connectivity index (χ0v) is 14.0. The summed E-state index contributed by atoms with van der Waals surface area (Å²) in [5, 5.41) is 0. The predicted molar refractivity (Wildman–Crippen MR) is 89.9 cm³/mol. The predicted octanol–water partition coefficient (Wildman–Crippen LogP) is 3.32. The molecule has 2 unspecified atom stereocenters. The van der Waals surface area contributed by atoms with Crippen molar-refractivity contribution in [2.75, 3.05) is 0 Å². The standard InChI is InChI=1S/C18H32N2O/c1-13(2)10-16(19)18(17(20)11-14(3)4)21-12-15-8-6-5-7-9-15/h5-9,13-14,16-18H,10-12,19-20H2,1-4H3. The Hall–Kier alpha value is -0.900. The highest BCUT2D eigenvalue weighted by atomic mass is 16.5. The fraction of sp³-hybridized carbons (Fsp3) is 0.667. The zero-order chi connectivity index (χ0) is 15.8. The first kappa shape index (κ1) is 18.1. The van der Waals surface area contributed by atoms with Crippen LogP contribution < -0.4 is 11.5 Å². The minimum absolute atomic E-state index is 0.0116. The third-order valence-corrected chi connectivity index (χ3v) is 3.62. The molecule has 0 fully saturated rings. The van der Waals surface area contributed by atoms with Crippen LogP contribution in [0, 0.1) is 11.8 Å². The van der Waals surface area contributed by atoms with Crippen LogP contribution in [0.25, 0.3) is 0 Å². The molecule has 0 saturated heterocycles. The Labute approximate surface area is 130 Å². The molecule has 4 N–H and O–H groups in total. The molecule has 2 atom stereocenters. The molecule has 21 heavy (non-hydrogen) atoms. The molecule has 0 aliphatic rings. The molecule has 0 bridgehead atoms. The largest absolute Gasteiger partial charge is 0.370 e. The summed E-state index contributed by atoms with van der Waals surface area (Å²) in [6.45, 7) is 9.30. The molecule has 0 heterocycles. The van der Waals surface area contributed by atoms with E-state index in [2.05, 4.69) is 39.8 Å². The molecular weight excluding hydrogens is 260 g/mol. The van der Waals surface area contributed by atoms with Gasteiger partial charge in [-0.2, -0.15) is 0 Å². The Balaban J connectivity index is 2.66. The SMILES string of the molecule is CC(C)CC(N)C(OCc1ccccc1)C(N)CC(C)C. The van der Waals surface area contributed by atoms with Crippen LogP contribution in [0.4, 0.5) is 0 Å². The number of ether oxygens (including phenoxy) is 1. The molecular formula is C18H32N2O. The van der Waals surface area contributed by atoms with Gasteiger partial charge in [0.15, 0.2) is 0 Å². The van der Waals surface area contributed by atoms with E-state index in [1.807, 2.05) is 18.2 Å². The first-order chi connectivity index (χ1) is 9.90. The van der Waals surface area contributed by atoms with Gasteiger partial charge in [-0.1, -0.05) is 58.0 Å². The van der Waals surface area contributed by atoms with Crippen molar-refractivity contribution in [2.24, 2.45) is 23.3 Å². The molecule has 0 aliphatic heterocycles. The van der Waals surface area contributed by atoms with Crippen LogP contribution in [-0.4, -0.2) is 18.2 Å². The second-order valence-electron chi connectivity index (χ2n) is 6.85. The van der Waals surface area contributed by atoms with Crippen molar-refractivity contribution in [1.82, 2.24) is 0 Å². The van der Waals surface area contributed by atoms with Crippen molar-refractivity contribution in [2.45, 2.75) is 65.3 Å². The quantitative estimate of drug-likeness (QED) is 0.734. The average molecular weight is 292 g/mol. The van der Waals surface area contributed by atoms with Crippen LogP contribution >= 0.6 is 0 Å². The van der Waals surface area contributed by atoms with E-state index >= 15 is 0 Å². The maximum absolute atomic E-state index is 6.35. The van der Waals surface area contributed by atoms with Crippen molar-refractivity contribution in [3.8, 4) is 0 Å². The van der Waals surface area contributed by atoms with Crippen LogP contribution in [0.15, 0.2) is 30.3 Å². The molecule has 0 saturated carbocycles. The highest BCUT2D eigenvalue weighted by Crippen LogP contribution is 2.17. The normalized spacial score (nSPS) is 16.2. The Kier molecular flexibility index (Phi) is 7.94. The van der Waals surface area contributed by atoms with E-state index in [0.717, 1.165) is 18.4 Å². The number of benzene rings is 1. The maximum atomic E-state index is 6.35. The molecule has 0 spiro atoms. The van der Waals surface area contributed by atoms with E-state index in [0.29, 0.717) is 18.4 Å². The number of nitrogens with two attached hydrogens (primary N) is 2. The Bertz CT molecular complexity index is 362. The van der Waals surface area contributed by atoms with Gasteiger partial charge in [0.1, 0.15) is 0 Å². The van der Waals surface area contributed by atoms with E-state index in [-0.39, 0.29) is 18.2 Å². The van der Waals surface area contributed by atoms with Gasteiger partial charge in [-0.25, -0.2) is 0 Å². The molecule has 0 aliphatic carbocycles. The number of hydrogen-bond acceptors (Lipinski definition) is 3. The van der Waals surface area contributed by atoms with Gasteiger partial charge in [0, 0.05) is 12.1 Å². The van der Waals surface area contributed by atoms with Crippen molar-refractivity contribution in [1.29, 1.82) is 0 Å². The molecule has 120 valence electrons. The molecule has 0 radical (unpaired) electrons. The second-order valence-corrected chi connectivity index (χ2v) is 6.85. The van der Waals surface area contributed by atoms with Crippen LogP contribution in [0.5, 0.6) is 0 Å². The number of rotatable bonds is 9. The molecule has 0 aromatic heterocycles. The lowest BCUT2D eigenvalue weighted by molar-refractivity contribution is -0.00121. The first-order valence-corrected chi connectivity index (χ1v) is 8.06. The van der Waals surface area contributed by atoms with Crippen LogP contribution in [-0.2, 0) is 11.3 Å².